The Morgan fingerprint density at radius 1 is 1.04 bits per heavy atom. The van der Waals surface area contributed by atoms with Crippen LogP contribution in [0.2, 0.25) is 0 Å². The van der Waals surface area contributed by atoms with Gasteiger partial charge in [-0.3, -0.25) is 4.79 Å². The molecule has 1 aliphatic carbocycles. The SMILES string of the molecule is COc1ccccc1S(=O)(=O)N1CCCN(C(=O)C2CCCC2)CC1. The van der Waals surface area contributed by atoms with Crippen molar-refractivity contribution in [1.82, 2.24) is 9.21 Å². The fourth-order valence-corrected chi connectivity index (χ4v) is 5.38. The molecule has 25 heavy (non-hydrogen) atoms. The van der Waals surface area contributed by atoms with E-state index in [1.165, 1.54) is 11.4 Å². The lowest BCUT2D eigenvalue weighted by atomic mass is 10.1. The molecule has 0 radical (unpaired) electrons. The van der Waals surface area contributed by atoms with Crippen LogP contribution < -0.4 is 4.74 Å². The number of rotatable bonds is 4. The number of methoxy groups -OCH3 is 1. The summed E-state index contributed by atoms with van der Waals surface area (Å²) in [5.74, 6) is 0.692. The Morgan fingerprint density at radius 3 is 2.48 bits per heavy atom. The van der Waals surface area contributed by atoms with Crippen molar-refractivity contribution < 1.29 is 17.9 Å². The topological polar surface area (TPSA) is 66.9 Å². The van der Waals surface area contributed by atoms with Crippen LogP contribution in [0, 0.1) is 5.92 Å². The molecule has 1 heterocycles. The van der Waals surface area contributed by atoms with Gasteiger partial charge in [-0.25, -0.2) is 8.42 Å². The van der Waals surface area contributed by atoms with Gasteiger partial charge in [0.15, 0.2) is 0 Å². The molecule has 1 aliphatic heterocycles. The fourth-order valence-electron chi connectivity index (χ4n) is 3.76. The second-order valence-corrected chi connectivity index (χ2v) is 8.62. The highest BCUT2D eigenvalue weighted by Crippen LogP contribution is 2.29. The lowest BCUT2D eigenvalue weighted by Crippen LogP contribution is -2.39. The number of carbonyl (C=O) groups is 1. The molecular formula is C18H26N2O4S. The van der Waals surface area contributed by atoms with E-state index < -0.39 is 10.0 Å². The van der Waals surface area contributed by atoms with E-state index in [-0.39, 0.29) is 16.7 Å². The van der Waals surface area contributed by atoms with Gasteiger partial charge in [-0.2, -0.15) is 4.31 Å². The summed E-state index contributed by atoms with van der Waals surface area (Å²) in [6, 6.07) is 6.67. The average molecular weight is 366 g/mol. The minimum atomic E-state index is -3.63. The highest BCUT2D eigenvalue weighted by Gasteiger charge is 2.32. The second-order valence-electron chi connectivity index (χ2n) is 6.72. The van der Waals surface area contributed by atoms with E-state index in [0.717, 1.165) is 25.7 Å². The molecule has 138 valence electrons. The molecule has 7 heteroatoms. The minimum absolute atomic E-state index is 0.136. The van der Waals surface area contributed by atoms with E-state index in [2.05, 4.69) is 0 Å². The van der Waals surface area contributed by atoms with Crippen LogP contribution in [-0.4, -0.2) is 56.8 Å². The van der Waals surface area contributed by atoms with Crippen LogP contribution >= 0.6 is 0 Å². The molecule has 1 aromatic rings. The Morgan fingerprint density at radius 2 is 1.76 bits per heavy atom. The smallest absolute Gasteiger partial charge is 0.246 e. The molecule has 1 aromatic carbocycles. The summed E-state index contributed by atoms with van der Waals surface area (Å²) in [6.45, 7) is 1.85. The van der Waals surface area contributed by atoms with E-state index in [9.17, 15) is 13.2 Å². The molecule has 1 saturated carbocycles. The van der Waals surface area contributed by atoms with Crippen molar-refractivity contribution >= 4 is 15.9 Å². The van der Waals surface area contributed by atoms with E-state index in [1.54, 1.807) is 24.3 Å². The van der Waals surface area contributed by atoms with E-state index >= 15 is 0 Å². The molecule has 6 nitrogen and oxygen atoms in total. The summed E-state index contributed by atoms with van der Waals surface area (Å²) in [6.07, 6.45) is 4.85. The Bertz CT molecular complexity index is 714. The van der Waals surface area contributed by atoms with Gasteiger partial charge in [0.1, 0.15) is 10.6 Å². The Labute approximate surface area is 149 Å². The van der Waals surface area contributed by atoms with Gasteiger partial charge in [-0.1, -0.05) is 25.0 Å². The second kappa shape index (κ2) is 7.74. The zero-order chi connectivity index (χ0) is 17.9. The number of hydrogen-bond acceptors (Lipinski definition) is 4. The Kier molecular flexibility index (Phi) is 5.64. The van der Waals surface area contributed by atoms with Gasteiger partial charge in [-0.05, 0) is 31.4 Å². The summed E-state index contributed by atoms with van der Waals surface area (Å²) < 4.78 is 32.7. The minimum Gasteiger partial charge on any atom is -0.495 e. The van der Waals surface area contributed by atoms with Gasteiger partial charge in [0, 0.05) is 32.1 Å². The van der Waals surface area contributed by atoms with Gasteiger partial charge in [-0.15, -0.1) is 0 Å². The maximum Gasteiger partial charge on any atom is 0.246 e. The molecule has 0 aromatic heterocycles. The first-order chi connectivity index (χ1) is 12.0. The number of ether oxygens (including phenoxy) is 1. The molecular weight excluding hydrogens is 340 g/mol. The lowest BCUT2D eigenvalue weighted by molar-refractivity contribution is -0.135. The first-order valence-electron chi connectivity index (χ1n) is 8.96. The van der Waals surface area contributed by atoms with Crippen LogP contribution in [0.4, 0.5) is 0 Å². The predicted octanol–water partition coefficient (Wildman–Crippen LogP) is 2.11. The highest BCUT2D eigenvalue weighted by molar-refractivity contribution is 7.89. The van der Waals surface area contributed by atoms with Crippen LogP contribution in [0.5, 0.6) is 5.75 Å². The van der Waals surface area contributed by atoms with Crippen molar-refractivity contribution in [2.45, 2.75) is 37.0 Å². The number of carbonyl (C=O) groups excluding carboxylic acids is 1. The highest BCUT2D eigenvalue weighted by atomic mass is 32.2. The third-order valence-corrected chi connectivity index (χ3v) is 7.10. The summed E-state index contributed by atoms with van der Waals surface area (Å²) in [5, 5.41) is 0. The van der Waals surface area contributed by atoms with Gasteiger partial charge < -0.3 is 9.64 Å². The van der Waals surface area contributed by atoms with Crippen molar-refractivity contribution in [2.24, 2.45) is 5.92 Å². The number of amides is 1. The maximum atomic E-state index is 13.0. The predicted molar refractivity (Wildman–Crippen MR) is 94.9 cm³/mol. The normalized spacial score (nSPS) is 20.4. The van der Waals surface area contributed by atoms with Gasteiger partial charge >= 0.3 is 0 Å². The molecule has 0 unspecified atom stereocenters. The van der Waals surface area contributed by atoms with E-state index in [1.807, 2.05) is 4.90 Å². The average Bonchev–Trinajstić information content (AvgIpc) is 3.05. The summed E-state index contributed by atoms with van der Waals surface area (Å²) >= 11 is 0. The zero-order valence-corrected chi connectivity index (χ0v) is 15.5. The van der Waals surface area contributed by atoms with Crippen molar-refractivity contribution in [3.63, 3.8) is 0 Å². The van der Waals surface area contributed by atoms with E-state index in [4.69, 9.17) is 4.74 Å². The molecule has 2 fully saturated rings. The first kappa shape index (κ1) is 18.2. The largest absolute Gasteiger partial charge is 0.495 e. The third-order valence-electron chi connectivity index (χ3n) is 5.16. The molecule has 3 rings (SSSR count). The molecule has 0 spiro atoms. The lowest BCUT2D eigenvalue weighted by Gasteiger charge is -2.24. The number of para-hydroxylation sites is 1. The molecule has 2 aliphatic rings. The number of nitrogens with zero attached hydrogens (tertiary/aromatic N) is 2. The van der Waals surface area contributed by atoms with Crippen LogP contribution in [0.15, 0.2) is 29.2 Å². The standard InChI is InChI=1S/C18H26N2O4S/c1-24-16-9-4-5-10-17(16)25(22,23)20-12-6-11-19(13-14-20)18(21)15-7-2-3-8-15/h4-5,9-10,15H,2-3,6-8,11-14H2,1H3. The van der Waals surface area contributed by atoms with Crippen molar-refractivity contribution in [1.29, 1.82) is 0 Å². The number of sulfonamides is 1. The molecule has 0 bridgehead atoms. The Balaban J connectivity index is 1.73. The molecule has 0 atom stereocenters. The van der Waals surface area contributed by atoms with Crippen molar-refractivity contribution in [3.05, 3.63) is 24.3 Å². The molecule has 0 N–H and O–H groups in total. The summed E-state index contributed by atoms with van der Waals surface area (Å²) in [4.78, 5) is 14.7. The van der Waals surface area contributed by atoms with Crippen LogP contribution in [0.3, 0.4) is 0 Å². The summed E-state index contributed by atoms with van der Waals surface area (Å²) in [5.41, 5.74) is 0. The third kappa shape index (κ3) is 3.82. The first-order valence-corrected chi connectivity index (χ1v) is 10.4. The quantitative estimate of drug-likeness (QED) is 0.819. The number of benzene rings is 1. The Hall–Kier alpha value is -1.60. The van der Waals surface area contributed by atoms with Gasteiger partial charge in [0.2, 0.25) is 15.9 Å². The molecule has 1 amide bonds. The van der Waals surface area contributed by atoms with Crippen molar-refractivity contribution in [3.8, 4) is 5.75 Å². The van der Waals surface area contributed by atoms with Gasteiger partial charge in [0.25, 0.3) is 0 Å². The van der Waals surface area contributed by atoms with Crippen LogP contribution in [-0.2, 0) is 14.8 Å². The number of hydrogen-bond donors (Lipinski definition) is 0. The van der Waals surface area contributed by atoms with Crippen LogP contribution in [0.1, 0.15) is 32.1 Å². The fraction of sp³-hybridized carbons (Fsp3) is 0.611. The molecule has 1 saturated heterocycles. The maximum absolute atomic E-state index is 13.0. The van der Waals surface area contributed by atoms with Crippen LogP contribution in [0.25, 0.3) is 0 Å². The van der Waals surface area contributed by atoms with Crippen molar-refractivity contribution in [2.75, 3.05) is 33.3 Å². The van der Waals surface area contributed by atoms with E-state index in [0.29, 0.717) is 38.3 Å². The monoisotopic (exact) mass is 366 g/mol. The zero-order valence-electron chi connectivity index (χ0n) is 14.7. The summed E-state index contributed by atoms with van der Waals surface area (Å²) in [7, 11) is -2.15. The van der Waals surface area contributed by atoms with Gasteiger partial charge in [0.05, 0.1) is 7.11 Å².